The van der Waals surface area contributed by atoms with Crippen molar-refractivity contribution in [2.75, 3.05) is 5.88 Å². The lowest BCUT2D eigenvalue weighted by molar-refractivity contribution is 0.487. The van der Waals surface area contributed by atoms with Gasteiger partial charge in [-0.05, 0) is 13.3 Å². The lowest BCUT2D eigenvalue weighted by Gasteiger charge is -1.88. The Morgan fingerprint density at radius 2 is 2.33 bits per heavy atom. The molecule has 0 aliphatic heterocycles. The van der Waals surface area contributed by atoms with Crippen molar-refractivity contribution in [1.29, 1.82) is 0 Å². The second-order valence-electron chi connectivity index (χ2n) is 1.12. The molecule has 0 aromatic heterocycles. The summed E-state index contributed by atoms with van der Waals surface area (Å²) in [6.45, 7) is 1.42. The molecule has 0 aliphatic carbocycles. The molecule has 0 fully saturated rings. The maximum atomic E-state index is 11.5. The van der Waals surface area contributed by atoms with Gasteiger partial charge in [0.2, 0.25) is 0 Å². The van der Waals surface area contributed by atoms with E-state index < -0.39 is 0 Å². The molecule has 0 saturated heterocycles. The van der Waals surface area contributed by atoms with Gasteiger partial charge >= 0.3 is 0 Å². The SMILES string of the molecule is C[C](F)CCCl. The number of hydrogen-bond acceptors (Lipinski definition) is 0. The smallest absolute Gasteiger partial charge is 0.142 e. The normalized spacial score (nSPS) is 10.0. The Balaban J connectivity index is 2.63. The first-order valence-corrected chi connectivity index (χ1v) is 2.34. The van der Waals surface area contributed by atoms with E-state index in [1.807, 2.05) is 0 Å². The van der Waals surface area contributed by atoms with Gasteiger partial charge in [0.15, 0.2) is 0 Å². The van der Waals surface area contributed by atoms with Gasteiger partial charge < -0.3 is 0 Å². The average Bonchev–Trinajstić information content (AvgIpc) is 1.35. The fourth-order valence-electron chi connectivity index (χ4n) is 0.130. The van der Waals surface area contributed by atoms with Crippen molar-refractivity contribution < 1.29 is 4.39 Å². The molecule has 0 unspecified atom stereocenters. The van der Waals surface area contributed by atoms with Crippen LogP contribution < -0.4 is 0 Å². The molecule has 6 heavy (non-hydrogen) atoms. The molecule has 0 saturated carbocycles. The maximum absolute atomic E-state index is 11.5. The highest BCUT2D eigenvalue weighted by molar-refractivity contribution is 6.17. The predicted molar refractivity (Wildman–Crippen MR) is 25.4 cm³/mol. The Bertz CT molecular complexity index is 28.7. The van der Waals surface area contributed by atoms with Crippen LogP contribution in [0.4, 0.5) is 4.39 Å². The topological polar surface area (TPSA) is 0 Å². The molecule has 1 radical (unpaired) electrons. The zero-order valence-electron chi connectivity index (χ0n) is 3.67. The number of hydrogen-bond donors (Lipinski definition) is 0. The van der Waals surface area contributed by atoms with E-state index in [-0.39, 0.29) is 6.17 Å². The summed E-state index contributed by atoms with van der Waals surface area (Å²) in [6, 6.07) is 0. The molecule has 0 amide bonds. The first kappa shape index (κ1) is 6.22. The fraction of sp³-hybridized carbons (Fsp3) is 0.750. The highest BCUT2D eigenvalue weighted by Crippen LogP contribution is 2.04. The average molecular weight is 110 g/mol. The summed E-state index contributed by atoms with van der Waals surface area (Å²) in [6.07, 6.45) is 0.298. The molecule has 2 heteroatoms. The van der Waals surface area contributed by atoms with Crippen LogP contribution in [0, 0.1) is 6.17 Å². The van der Waals surface area contributed by atoms with Gasteiger partial charge in [-0.15, -0.1) is 11.6 Å². The van der Waals surface area contributed by atoms with Crippen LogP contribution in [0.15, 0.2) is 0 Å². The Labute approximate surface area is 42.3 Å². The molecule has 0 nitrogen and oxygen atoms in total. The lowest BCUT2D eigenvalue weighted by Crippen LogP contribution is -1.79. The molecule has 0 aromatic carbocycles. The monoisotopic (exact) mass is 109 g/mol. The van der Waals surface area contributed by atoms with Crippen LogP contribution in [0.1, 0.15) is 13.3 Å². The van der Waals surface area contributed by atoms with Crippen molar-refractivity contribution in [2.24, 2.45) is 0 Å². The van der Waals surface area contributed by atoms with Crippen molar-refractivity contribution in [3.05, 3.63) is 6.17 Å². The number of halogens is 2. The Hall–Kier alpha value is 0.220. The third kappa shape index (κ3) is 4.22. The van der Waals surface area contributed by atoms with E-state index in [0.717, 1.165) is 0 Å². The molecule has 37 valence electrons. The van der Waals surface area contributed by atoms with E-state index in [4.69, 9.17) is 11.6 Å². The van der Waals surface area contributed by atoms with Gasteiger partial charge in [0, 0.05) is 5.88 Å². The third-order valence-corrected chi connectivity index (χ3v) is 0.628. The molecule has 0 N–H and O–H groups in total. The van der Waals surface area contributed by atoms with Gasteiger partial charge in [0.05, 0.1) is 0 Å². The van der Waals surface area contributed by atoms with E-state index in [1.165, 1.54) is 6.92 Å². The first-order valence-electron chi connectivity index (χ1n) is 1.81. The van der Waals surface area contributed by atoms with Gasteiger partial charge in [0.25, 0.3) is 0 Å². The highest BCUT2D eigenvalue weighted by atomic mass is 35.5. The zero-order chi connectivity index (χ0) is 4.99. The molecule has 0 aromatic rings. The Morgan fingerprint density at radius 1 is 1.83 bits per heavy atom. The Kier molecular flexibility index (Phi) is 3.54. The molecule has 0 bridgehead atoms. The van der Waals surface area contributed by atoms with Crippen LogP contribution >= 0.6 is 11.6 Å². The summed E-state index contributed by atoms with van der Waals surface area (Å²) in [4.78, 5) is 0. The van der Waals surface area contributed by atoms with Crippen molar-refractivity contribution in [3.63, 3.8) is 0 Å². The fourth-order valence-corrected chi connectivity index (χ4v) is 0.391. The molecule has 0 heterocycles. The Morgan fingerprint density at radius 3 is 2.33 bits per heavy atom. The van der Waals surface area contributed by atoms with E-state index in [9.17, 15) is 4.39 Å². The molecule has 0 rings (SSSR count). The van der Waals surface area contributed by atoms with Crippen LogP contribution in [-0.2, 0) is 0 Å². The van der Waals surface area contributed by atoms with Crippen LogP contribution in [0.5, 0.6) is 0 Å². The molecule has 0 aliphatic rings. The van der Waals surface area contributed by atoms with E-state index in [2.05, 4.69) is 0 Å². The van der Waals surface area contributed by atoms with Crippen molar-refractivity contribution in [3.8, 4) is 0 Å². The van der Waals surface area contributed by atoms with Gasteiger partial charge in [-0.2, -0.15) is 0 Å². The third-order valence-electron chi connectivity index (χ3n) is 0.439. The van der Waals surface area contributed by atoms with E-state index >= 15 is 0 Å². The molecule has 0 atom stereocenters. The molecular weight excluding hydrogens is 102 g/mol. The van der Waals surface area contributed by atoms with Gasteiger partial charge in [-0.1, -0.05) is 0 Å². The minimum absolute atomic E-state index is 0.0926. The summed E-state index contributed by atoms with van der Waals surface area (Å²) in [5, 5.41) is 0. The van der Waals surface area contributed by atoms with Gasteiger partial charge in [-0.3, -0.25) is 0 Å². The predicted octanol–water partition coefficient (Wildman–Crippen LogP) is 2.14. The van der Waals surface area contributed by atoms with Crippen LogP contribution in [-0.4, -0.2) is 5.88 Å². The quantitative estimate of drug-likeness (QED) is 0.477. The largest absolute Gasteiger partial charge is 0.241 e. The summed E-state index contributed by atoms with van der Waals surface area (Å²) in [5.74, 6) is 0.391. The summed E-state index contributed by atoms with van der Waals surface area (Å²) >= 11 is 5.14. The van der Waals surface area contributed by atoms with Gasteiger partial charge in [-0.25, -0.2) is 4.39 Å². The van der Waals surface area contributed by atoms with Crippen molar-refractivity contribution in [1.82, 2.24) is 0 Å². The minimum atomic E-state index is -0.0926. The van der Waals surface area contributed by atoms with E-state index in [0.29, 0.717) is 12.3 Å². The molecular formula is C4H7ClF. The van der Waals surface area contributed by atoms with Crippen LogP contribution in [0.2, 0.25) is 0 Å². The summed E-state index contributed by atoms with van der Waals surface area (Å²) in [7, 11) is 0. The van der Waals surface area contributed by atoms with Gasteiger partial charge in [0.1, 0.15) is 6.17 Å². The lowest BCUT2D eigenvalue weighted by atomic mass is 10.3. The second kappa shape index (κ2) is 3.41. The summed E-state index contributed by atoms with van der Waals surface area (Å²) < 4.78 is 11.5. The minimum Gasteiger partial charge on any atom is -0.241 e. The number of alkyl halides is 1. The maximum Gasteiger partial charge on any atom is 0.142 e. The van der Waals surface area contributed by atoms with E-state index in [1.54, 1.807) is 0 Å². The first-order chi connectivity index (χ1) is 2.77. The zero-order valence-corrected chi connectivity index (χ0v) is 4.43. The van der Waals surface area contributed by atoms with Crippen molar-refractivity contribution >= 4 is 11.6 Å². The summed E-state index contributed by atoms with van der Waals surface area (Å²) in [5.41, 5.74) is 0. The number of rotatable bonds is 2. The van der Waals surface area contributed by atoms with Crippen molar-refractivity contribution in [2.45, 2.75) is 13.3 Å². The van der Waals surface area contributed by atoms with Crippen LogP contribution in [0.25, 0.3) is 0 Å². The highest BCUT2D eigenvalue weighted by Gasteiger charge is 1.93. The standard InChI is InChI=1S/C4H7ClF/c1-4(6)2-3-5/h2-3H2,1H3. The van der Waals surface area contributed by atoms with Crippen LogP contribution in [0.3, 0.4) is 0 Å². The molecule has 0 spiro atoms. The second-order valence-corrected chi connectivity index (χ2v) is 1.49.